The highest BCUT2D eigenvalue weighted by Gasteiger charge is 2.42. The van der Waals surface area contributed by atoms with E-state index in [2.05, 4.69) is 5.32 Å². The first-order valence-corrected chi connectivity index (χ1v) is 9.41. The van der Waals surface area contributed by atoms with Crippen LogP contribution in [-0.4, -0.2) is 59.3 Å². The van der Waals surface area contributed by atoms with Gasteiger partial charge in [-0.15, -0.1) is 0 Å². The smallest absolute Gasteiger partial charge is 0.225 e. The van der Waals surface area contributed by atoms with Crippen molar-refractivity contribution in [2.24, 2.45) is 5.92 Å². The van der Waals surface area contributed by atoms with Crippen LogP contribution in [0.3, 0.4) is 0 Å². The fraction of sp³-hybridized carbons (Fsp3) is 0.889. The minimum absolute atomic E-state index is 0.110. The highest BCUT2D eigenvalue weighted by atomic mass is 16.5. The summed E-state index contributed by atoms with van der Waals surface area (Å²) < 4.78 is 5.39. The van der Waals surface area contributed by atoms with Gasteiger partial charge in [-0.1, -0.05) is 25.7 Å². The third-order valence-corrected chi connectivity index (χ3v) is 6.02. The van der Waals surface area contributed by atoms with Crippen LogP contribution in [0.2, 0.25) is 0 Å². The van der Waals surface area contributed by atoms with Crippen molar-refractivity contribution < 1.29 is 19.4 Å². The molecule has 3 rings (SSSR count). The molecule has 0 spiro atoms. The van der Waals surface area contributed by atoms with Gasteiger partial charge in [0.25, 0.3) is 0 Å². The number of rotatable bonds is 4. The van der Waals surface area contributed by atoms with Gasteiger partial charge in [-0.25, -0.2) is 0 Å². The van der Waals surface area contributed by atoms with E-state index >= 15 is 0 Å². The molecule has 0 unspecified atom stereocenters. The zero-order valence-corrected chi connectivity index (χ0v) is 14.6. The SMILES string of the molecule is C[C@@H]1OCC[C@]1(O)CNC(=O)[C@@H]1CC(=O)N(C2CCCCCC2)C1. The van der Waals surface area contributed by atoms with E-state index in [0.29, 0.717) is 32.0 Å². The van der Waals surface area contributed by atoms with Crippen LogP contribution in [0.4, 0.5) is 0 Å². The van der Waals surface area contributed by atoms with Crippen molar-refractivity contribution in [1.29, 1.82) is 0 Å². The first kappa shape index (κ1) is 17.7. The van der Waals surface area contributed by atoms with E-state index in [1.165, 1.54) is 25.7 Å². The molecule has 3 atom stereocenters. The molecule has 136 valence electrons. The Hall–Kier alpha value is -1.14. The molecule has 2 aliphatic heterocycles. The van der Waals surface area contributed by atoms with Crippen LogP contribution in [-0.2, 0) is 14.3 Å². The number of carbonyl (C=O) groups excluding carboxylic acids is 2. The van der Waals surface area contributed by atoms with Gasteiger partial charge in [-0.2, -0.15) is 0 Å². The second kappa shape index (κ2) is 7.40. The fourth-order valence-electron chi connectivity index (χ4n) is 4.22. The second-order valence-corrected chi connectivity index (χ2v) is 7.68. The van der Waals surface area contributed by atoms with Crippen molar-refractivity contribution in [3.63, 3.8) is 0 Å². The third-order valence-electron chi connectivity index (χ3n) is 6.02. The highest BCUT2D eigenvalue weighted by Crippen LogP contribution is 2.29. The molecule has 2 heterocycles. The Labute approximate surface area is 143 Å². The van der Waals surface area contributed by atoms with Gasteiger partial charge in [-0.05, 0) is 19.8 Å². The molecule has 0 bridgehead atoms. The average molecular weight is 338 g/mol. The van der Waals surface area contributed by atoms with Gasteiger partial charge in [0.05, 0.1) is 12.0 Å². The van der Waals surface area contributed by atoms with Gasteiger partial charge in [0.15, 0.2) is 0 Å². The number of amides is 2. The van der Waals surface area contributed by atoms with Crippen LogP contribution < -0.4 is 5.32 Å². The van der Waals surface area contributed by atoms with E-state index in [4.69, 9.17) is 4.74 Å². The quantitative estimate of drug-likeness (QED) is 0.755. The van der Waals surface area contributed by atoms with Gasteiger partial charge in [-0.3, -0.25) is 9.59 Å². The lowest BCUT2D eigenvalue weighted by Gasteiger charge is -2.28. The molecule has 0 aromatic heterocycles. The summed E-state index contributed by atoms with van der Waals surface area (Å²) in [6.07, 6.45) is 7.54. The summed E-state index contributed by atoms with van der Waals surface area (Å²) in [5.74, 6) is -0.299. The van der Waals surface area contributed by atoms with Crippen LogP contribution >= 0.6 is 0 Å². The molecule has 2 amide bonds. The lowest BCUT2D eigenvalue weighted by atomic mass is 9.96. The molecule has 1 aliphatic carbocycles. The zero-order valence-electron chi connectivity index (χ0n) is 14.6. The number of nitrogens with one attached hydrogen (secondary N) is 1. The van der Waals surface area contributed by atoms with Crippen molar-refractivity contribution in [2.45, 2.75) is 76.0 Å². The number of hydrogen-bond donors (Lipinski definition) is 2. The van der Waals surface area contributed by atoms with Crippen molar-refractivity contribution in [3.05, 3.63) is 0 Å². The predicted molar refractivity (Wildman–Crippen MR) is 89.3 cm³/mol. The lowest BCUT2D eigenvalue weighted by Crippen LogP contribution is -2.49. The van der Waals surface area contributed by atoms with Crippen molar-refractivity contribution in [1.82, 2.24) is 10.2 Å². The first-order chi connectivity index (χ1) is 11.5. The fourth-order valence-corrected chi connectivity index (χ4v) is 4.22. The highest BCUT2D eigenvalue weighted by molar-refractivity contribution is 5.89. The maximum Gasteiger partial charge on any atom is 0.225 e. The summed E-state index contributed by atoms with van der Waals surface area (Å²) >= 11 is 0. The molecular formula is C18H30N2O4. The van der Waals surface area contributed by atoms with E-state index in [-0.39, 0.29) is 30.4 Å². The van der Waals surface area contributed by atoms with Crippen LogP contribution in [0.1, 0.15) is 58.3 Å². The van der Waals surface area contributed by atoms with Crippen molar-refractivity contribution in [2.75, 3.05) is 19.7 Å². The number of likely N-dealkylation sites (tertiary alicyclic amines) is 1. The predicted octanol–water partition coefficient (Wildman–Crippen LogP) is 1.21. The maximum atomic E-state index is 12.5. The van der Waals surface area contributed by atoms with E-state index < -0.39 is 5.60 Å². The Kier molecular flexibility index (Phi) is 5.45. The average Bonchev–Trinajstić information content (AvgIpc) is 2.97. The molecular weight excluding hydrogens is 308 g/mol. The van der Waals surface area contributed by atoms with Gasteiger partial charge >= 0.3 is 0 Å². The van der Waals surface area contributed by atoms with E-state index in [1.54, 1.807) is 0 Å². The second-order valence-electron chi connectivity index (χ2n) is 7.68. The molecule has 1 saturated carbocycles. The Bertz CT molecular complexity index is 476. The lowest BCUT2D eigenvalue weighted by molar-refractivity contribution is -0.130. The number of carbonyl (C=O) groups is 2. The van der Waals surface area contributed by atoms with Crippen LogP contribution in [0.25, 0.3) is 0 Å². The summed E-state index contributed by atoms with van der Waals surface area (Å²) in [6, 6.07) is 0.310. The molecule has 6 heteroatoms. The van der Waals surface area contributed by atoms with Gasteiger partial charge < -0.3 is 20.1 Å². The summed E-state index contributed by atoms with van der Waals surface area (Å²) in [5, 5.41) is 13.3. The molecule has 3 fully saturated rings. The minimum Gasteiger partial charge on any atom is -0.385 e. The number of aliphatic hydroxyl groups is 1. The molecule has 0 aromatic carbocycles. The zero-order chi connectivity index (χ0) is 17.2. The number of hydrogen-bond acceptors (Lipinski definition) is 4. The maximum absolute atomic E-state index is 12.5. The topological polar surface area (TPSA) is 78.9 Å². The number of nitrogens with zero attached hydrogens (tertiary/aromatic N) is 1. The van der Waals surface area contributed by atoms with Gasteiger partial charge in [0, 0.05) is 38.6 Å². The largest absolute Gasteiger partial charge is 0.385 e. The van der Waals surface area contributed by atoms with E-state index in [0.717, 1.165) is 12.8 Å². The molecule has 2 N–H and O–H groups in total. The monoisotopic (exact) mass is 338 g/mol. The molecule has 0 aromatic rings. The summed E-state index contributed by atoms with van der Waals surface area (Å²) in [7, 11) is 0. The molecule has 3 aliphatic rings. The van der Waals surface area contributed by atoms with Crippen LogP contribution in [0.5, 0.6) is 0 Å². The summed E-state index contributed by atoms with van der Waals surface area (Å²) in [6.45, 7) is 3.07. The normalized spacial score (nSPS) is 35.2. The summed E-state index contributed by atoms with van der Waals surface area (Å²) in [5.41, 5.74) is -0.987. The van der Waals surface area contributed by atoms with Crippen molar-refractivity contribution in [3.8, 4) is 0 Å². The third kappa shape index (κ3) is 3.75. The van der Waals surface area contributed by atoms with Crippen molar-refractivity contribution >= 4 is 11.8 Å². The Morgan fingerprint density at radius 3 is 2.67 bits per heavy atom. The van der Waals surface area contributed by atoms with E-state index in [1.807, 2.05) is 11.8 Å². The first-order valence-electron chi connectivity index (χ1n) is 9.41. The number of ether oxygens (including phenoxy) is 1. The molecule has 24 heavy (non-hydrogen) atoms. The van der Waals surface area contributed by atoms with Gasteiger partial charge in [0.1, 0.15) is 5.60 Å². The molecule has 6 nitrogen and oxygen atoms in total. The van der Waals surface area contributed by atoms with Crippen LogP contribution in [0.15, 0.2) is 0 Å². The van der Waals surface area contributed by atoms with Gasteiger partial charge in [0.2, 0.25) is 11.8 Å². The summed E-state index contributed by atoms with van der Waals surface area (Å²) in [4.78, 5) is 26.7. The Balaban J connectivity index is 1.52. The molecule has 0 radical (unpaired) electrons. The minimum atomic E-state index is -0.987. The Morgan fingerprint density at radius 1 is 1.33 bits per heavy atom. The standard InChI is InChI=1S/C18H30N2O4/c1-13-18(23,8-9-24-13)12-19-17(22)14-10-16(21)20(11-14)15-6-4-2-3-5-7-15/h13-15,23H,2-12H2,1H3,(H,19,22)/t13-,14+,18-/m0/s1. The Morgan fingerprint density at radius 2 is 2.04 bits per heavy atom. The molecule has 2 saturated heterocycles. The van der Waals surface area contributed by atoms with E-state index in [9.17, 15) is 14.7 Å². The van der Waals surface area contributed by atoms with Crippen LogP contribution in [0, 0.1) is 5.92 Å².